The van der Waals surface area contributed by atoms with Crippen LogP contribution < -0.4 is 5.46 Å². The molecule has 2 aliphatic rings. The number of nitriles is 1. The number of hydrogen-bond acceptors (Lipinski definition) is 6. The molecule has 0 unspecified atom stereocenters. The van der Waals surface area contributed by atoms with E-state index in [1.54, 1.807) is 6.07 Å². The number of amidine groups is 2. The molecular weight excluding hydrogens is 521 g/mol. The summed E-state index contributed by atoms with van der Waals surface area (Å²) < 4.78 is 12.4. The number of benzene rings is 3. The van der Waals surface area contributed by atoms with Crippen LogP contribution in [0.25, 0.3) is 11.3 Å². The highest BCUT2D eigenvalue weighted by atomic mass is 16.7. The molecule has 0 N–H and O–H groups in total. The van der Waals surface area contributed by atoms with Crippen LogP contribution in [-0.4, -0.2) is 40.7 Å². The van der Waals surface area contributed by atoms with Gasteiger partial charge in [0.2, 0.25) is 0 Å². The van der Waals surface area contributed by atoms with Gasteiger partial charge in [0.1, 0.15) is 0 Å². The van der Waals surface area contributed by atoms with Crippen LogP contribution in [0.5, 0.6) is 0 Å². The average molecular weight is 551 g/mol. The molecule has 0 atom stereocenters. The van der Waals surface area contributed by atoms with E-state index in [-0.39, 0.29) is 11.2 Å². The third-order valence-electron chi connectivity index (χ3n) is 8.02. The second-order valence-electron chi connectivity index (χ2n) is 11.4. The van der Waals surface area contributed by atoms with Crippen molar-refractivity contribution in [3.05, 3.63) is 113 Å². The quantitative estimate of drug-likeness (QED) is 0.170. The molecule has 6 rings (SSSR count). The number of aliphatic imine (C=N–C) groups is 3. The molecule has 0 amide bonds. The summed E-state index contributed by atoms with van der Waals surface area (Å²) in [5.41, 5.74) is 6.87. The van der Waals surface area contributed by atoms with Crippen molar-refractivity contribution >= 4 is 35.7 Å². The van der Waals surface area contributed by atoms with Crippen molar-refractivity contribution in [2.24, 2.45) is 15.0 Å². The van der Waals surface area contributed by atoms with Gasteiger partial charge in [-0.25, -0.2) is 15.0 Å². The maximum Gasteiger partial charge on any atom is 0.494 e. The third-order valence-corrected chi connectivity index (χ3v) is 8.02. The summed E-state index contributed by atoms with van der Waals surface area (Å²) in [5.74, 6) is 1.11. The Balaban J connectivity index is 1.23. The summed E-state index contributed by atoms with van der Waals surface area (Å²) in [6.45, 7) is 10.2. The molecule has 3 heterocycles. The molecular formula is C34H30BN5O2. The van der Waals surface area contributed by atoms with Crippen LogP contribution in [0.3, 0.4) is 0 Å². The summed E-state index contributed by atoms with van der Waals surface area (Å²) in [5, 5.41) is 9.29. The monoisotopic (exact) mass is 551 g/mol. The Labute approximate surface area is 246 Å². The number of pyridine rings is 1. The zero-order chi connectivity index (χ0) is 29.5. The van der Waals surface area contributed by atoms with Crippen LogP contribution in [0.4, 0.5) is 5.69 Å². The summed E-state index contributed by atoms with van der Waals surface area (Å²) in [4.78, 5) is 18.9. The SMILES string of the molecule is CC(=NC(=NC1=Nc2ccc(C#N)cc21)c1ccccc1)c1ccc(-c2ccc(B3OC(C)(C)C(C)(C)O3)cc2)nc1. The highest BCUT2D eigenvalue weighted by molar-refractivity contribution is 6.62. The summed E-state index contributed by atoms with van der Waals surface area (Å²) in [7, 11) is -0.397. The van der Waals surface area contributed by atoms with E-state index in [4.69, 9.17) is 24.3 Å². The van der Waals surface area contributed by atoms with E-state index >= 15 is 0 Å². The lowest BCUT2D eigenvalue weighted by atomic mass is 9.79. The van der Waals surface area contributed by atoms with E-state index < -0.39 is 7.12 Å². The smallest absolute Gasteiger partial charge is 0.399 e. The Hall–Kier alpha value is -4.71. The van der Waals surface area contributed by atoms with Gasteiger partial charge in [-0.3, -0.25) is 4.98 Å². The lowest BCUT2D eigenvalue weighted by molar-refractivity contribution is 0.00578. The molecule has 8 heteroatoms. The van der Waals surface area contributed by atoms with E-state index in [0.717, 1.165) is 44.8 Å². The van der Waals surface area contributed by atoms with Gasteiger partial charge in [0.25, 0.3) is 0 Å². The topological polar surface area (TPSA) is 92.2 Å². The van der Waals surface area contributed by atoms with Gasteiger partial charge in [-0.2, -0.15) is 5.26 Å². The van der Waals surface area contributed by atoms with Gasteiger partial charge in [0, 0.05) is 34.2 Å². The summed E-state index contributed by atoms with van der Waals surface area (Å²) >= 11 is 0. The highest BCUT2D eigenvalue weighted by Gasteiger charge is 2.51. The number of aromatic nitrogens is 1. The molecule has 0 spiro atoms. The van der Waals surface area contributed by atoms with Crippen molar-refractivity contribution in [3.63, 3.8) is 0 Å². The van der Waals surface area contributed by atoms with Gasteiger partial charge < -0.3 is 9.31 Å². The van der Waals surface area contributed by atoms with Crippen molar-refractivity contribution in [1.82, 2.24) is 4.98 Å². The van der Waals surface area contributed by atoms with Crippen LogP contribution >= 0.6 is 0 Å². The molecule has 0 aliphatic carbocycles. The number of nitrogens with zero attached hydrogens (tertiary/aromatic N) is 5. The van der Waals surface area contributed by atoms with Crippen molar-refractivity contribution < 1.29 is 9.31 Å². The minimum absolute atomic E-state index is 0.380. The fraction of sp³-hybridized carbons (Fsp3) is 0.206. The first-order valence-electron chi connectivity index (χ1n) is 13.9. The van der Waals surface area contributed by atoms with E-state index in [1.165, 1.54) is 0 Å². The first-order chi connectivity index (χ1) is 20.1. The highest BCUT2D eigenvalue weighted by Crippen LogP contribution is 2.36. The van der Waals surface area contributed by atoms with Crippen LogP contribution in [0.15, 0.2) is 106 Å². The zero-order valence-corrected chi connectivity index (χ0v) is 24.3. The predicted molar refractivity (Wildman–Crippen MR) is 168 cm³/mol. The van der Waals surface area contributed by atoms with Gasteiger partial charge in [-0.05, 0) is 70.4 Å². The Kier molecular flexibility index (Phi) is 6.93. The van der Waals surface area contributed by atoms with Crippen molar-refractivity contribution in [3.8, 4) is 17.3 Å². The molecule has 42 heavy (non-hydrogen) atoms. The summed E-state index contributed by atoms with van der Waals surface area (Å²) in [6.07, 6.45) is 1.83. The molecule has 2 aliphatic heterocycles. The molecule has 0 radical (unpaired) electrons. The number of fused-ring (bicyclic) bond motifs is 1. The zero-order valence-electron chi connectivity index (χ0n) is 24.3. The predicted octanol–water partition coefficient (Wildman–Crippen LogP) is 6.27. The molecule has 1 aromatic heterocycles. The Morgan fingerprint density at radius 1 is 0.857 bits per heavy atom. The van der Waals surface area contributed by atoms with Gasteiger partial charge >= 0.3 is 7.12 Å². The van der Waals surface area contributed by atoms with Crippen molar-refractivity contribution in [1.29, 1.82) is 5.26 Å². The second-order valence-corrected chi connectivity index (χ2v) is 11.4. The molecule has 3 aromatic carbocycles. The van der Waals surface area contributed by atoms with Crippen LogP contribution in [-0.2, 0) is 9.31 Å². The van der Waals surface area contributed by atoms with Gasteiger partial charge in [0.15, 0.2) is 11.7 Å². The molecule has 4 aromatic rings. The van der Waals surface area contributed by atoms with Crippen molar-refractivity contribution in [2.45, 2.75) is 45.8 Å². The van der Waals surface area contributed by atoms with E-state index in [9.17, 15) is 5.26 Å². The lowest BCUT2D eigenvalue weighted by Crippen LogP contribution is -2.41. The van der Waals surface area contributed by atoms with E-state index in [1.807, 2.05) is 92.0 Å². The van der Waals surface area contributed by atoms with Crippen molar-refractivity contribution in [2.75, 3.05) is 0 Å². The lowest BCUT2D eigenvalue weighted by Gasteiger charge is -2.32. The minimum Gasteiger partial charge on any atom is -0.399 e. The van der Waals surface area contributed by atoms with Crippen LogP contribution in [0.2, 0.25) is 0 Å². The maximum absolute atomic E-state index is 9.29. The van der Waals surface area contributed by atoms with E-state index in [2.05, 4.69) is 38.8 Å². The average Bonchev–Trinajstić information content (AvgIpc) is 3.22. The molecule has 1 saturated heterocycles. The molecule has 7 nitrogen and oxygen atoms in total. The Morgan fingerprint density at radius 2 is 1.57 bits per heavy atom. The standard InChI is InChI=1S/C34H30BN5O2/c1-22(38-31(25-9-7-6-8-10-25)40-32-28-19-23(20-36)11-17-30(28)39-32)26-14-18-29(37-21-26)24-12-15-27(16-13-24)35-41-33(2,3)34(4,5)42-35/h6-19,21H,1-5H3. The molecule has 1 fully saturated rings. The first kappa shape index (κ1) is 27.5. The van der Waals surface area contributed by atoms with E-state index in [0.29, 0.717) is 17.2 Å². The van der Waals surface area contributed by atoms with Crippen LogP contribution in [0.1, 0.15) is 56.9 Å². The van der Waals surface area contributed by atoms with Crippen LogP contribution in [0, 0.1) is 11.3 Å². The fourth-order valence-corrected chi connectivity index (χ4v) is 4.72. The molecule has 0 bridgehead atoms. The molecule has 0 saturated carbocycles. The Morgan fingerprint density at radius 3 is 2.21 bits per heavy atom. The second kappa shape index (κ2) is 10.6. The number of rotatable bonds is 4. The number of hydrogen-bond donors (Lipinski definition) is 0. The van der Waals surface area contributed by atoms with Gasteiger partial charge in [-0.15, -0.1) is 0 Å². The van der Waals surface area contributed by atoms with Gasteiger partial charge in [0.05, 0.1) is 34.2 Å². The minimum atomic E-state index is -0.397. The Bertz CT molecular complexity index is 1770. The fourth-order valence-electron chi connectivity index (χ4n) is 4.72. The normalized spacial score (nSPS) is 17.2. The molecule has 206 valence electrons. The van der Waals surface area contributed by atoms with Gasteiger partial charge in [-0.1, -0.05) is 54.6 Å². The summed E-state index contributed by atoms with van der Waals surface area (Å²) in [6, 6.07) is 29.5. The third kappa shape index (κ3) is 5.21. The first-order valence-corrected chi connectivity index (χ1v) is 13.9. The largest absolute Gasteiger partial charge is 0.494 e. The maximum atomic E-state index is 9.29.